The van der Waals surface area contributed by atoms with Gasteiger partial charge < -0.3 is 9.47 Å². The van der Waals surface area contributed by atoms with Gasteiger partial charge in [0.25, 0.3) is 11.2 Å². The molecule has 0 N–H and O–H groups in total. The lowest BCUT2D eigenvalue weighted by Crippen LogP contribution is -2.20. The molecule has 0 fully saturated rings. The maximum absolute atomic E-state index is 13.5. The Morgan fingerprint density at radius 1 is 1.09 bits per heavy atom. The lowest BCUT2D eigenvalue weighted by Gasteiger charge is -2.15. The SMILES string of the molecule is COc1cc(C=Nn2c(-c3cccc(C(F)(F)F)c3)nc3ccccc3c2=O)c(Br)c(Cl)c1OCc1cccc([N+](=O)[O-])c1. The van der Waals surface area contributed by atoms with Crippen molar-refractivity contribution in [3.63, 3.8) is 0 Å². The summed E-state index contributed by atoms with van der Waals surface area (Å²) in [6.07, 6.45) is -3.34. The summed E-state index contributed by atoms with van der Waals surface area (Å²) >= 11 is 10.0. The summed E-state index contributed by atoms with van der Waals surface area (Å²) < 4.78 is 53.0. The minimum Gasteiger partial charge on any atom is -0.493 e. The number of aromatic nitrogens is 2. The van der Waals surface area contributed by atoms with Gasteiger partial charge >= 0.3 is 6.18 Å². The van der Waals surface area contributed by atoms with E-state index in [1.54, 1.807) is 24.3 Å². The number of halogens is 5. The van der Waals surface area contributed by atoms with Gasteiger partial charge in [-0.25, -0.2) is 4.98 Å². The highest BCUT2D eigenvalue weighted by molar-refractivity contribution is 9.10. The molecule has 0 aliphatic carbocycles. The van der Waals surface area contributed by atoms with Gasteiger partial charge in [0.2, 0.25) is 0 Å². The number of hydrogen-bond acceptors (Lipinski definition) is 7. The number of ether oxygens (including phenoxy) is 2. The summed E-state index contributed by atoms with van der Waals surface area (Å²) in [5, 5.41) is 15.7. The molecule has 0 amide bonds. The zero-order valence-corrected chi connectivity index (χ0v) is 24.9. The van der Waals surface area contributed by atoms with Crippen molar-refractivity contribution in [2.24, 2.45) is 5.10 Å². The standard InChI is InChI=1S/C30H19BrClF3N4O5/c1-43-24-14-19(25(31)26(32)27(24)44-16-17-6-4-9-21(12-17)39(41)42)15-36-38-28(18-7-5-8-20(13-18)30(33,34)35)37-23-11-3-2-10-22(23)29(38)40/h2-15H,16H2,1H3. The van der Waals surface area contributed by atoms with Gasteiger partial charge in [-0.1, -0.05) is 48.0 Å². The Bertz CT molecular complexity index is 2000. The van der Waals surface area contributed by atoms with E-state index in [0.717, 1.165) is 16.8 Å². The number of methoxy groups -OCH3 is 1. The first-order valence-corrected chi connectivity index (χ1v) is 13.8. The Balaban J connectivity index is 1.56. The lowest BCUT2D eigenvalue weighted by molar-refractivity contribution is -0.384. The molecule has 9 nitrogen and oxygen atoms in total. The number of nitro benzene ring substituents is 1. The van der Waals surface area contributed by atoms with Crippen LogP contribution >= 0.6 is 27.5 Å². The molecule has 0 radical (unpaired) electrons. The van der Waals surface area contributed by atoms with E-state index in [4.69, 9.17) is 21.1 Å². The Hall–Kier alpha value is -4.75. The first kappa shape index (κ1) is 30.7. The second-order valence-electron chi connectivity index (χ2n) is 9.23. The van der Waals surface area contributed by atoms with Gasteiger partial charge in [0.1, 0.15) is 11.6 Å². The summed E-state index contributed by atoms with van der Waals surface area (Å²) in [6, 6.07) is 18.3. The zero-order chi connectivity index (χ0) is 31.6. The number of fused-ring (bicyclic) bond motifs is 1. The van der Waals surface area contributed by atoms with E-state index in [0.29, 0.717) is 15.6 Å². The number of benzene rings is 4. The average molecular weight is 688 g/mol. The zero-order valence-electron chi connectivity index (χ0n) is 22.5. The number of rotatable bonds is 8. The third-order valence-electron chi connectivity index (χ3n) is 6.39. The van der Waals surface area contributed by atoms with Gasteiger partial charge in [-0.15, -0.1) is 0 Å². The van der Waals surface area contributed by atoms with Gasteiger partial charge in [-0.2, -0.15) is 22.9 Å². The first-order chi connectivity index (χ1) is 21.0. The molecule has 0 atom stereocenters. The largest absolute Gasteiger partial charge is 0.493 e. The Kier molecular flexibility index (Phi) is 8.70. The van der Waals surface area contributed by atoms with Crippen LogP contribution in [0.1, 0.15) is 16.7 Å². The number of hydrogen-bond donors (Lipinski definition) is 0. The van der Waals surface area contributed by atoms with Crippen molar-refractivity contribution in [1.82, 2.24) is 9.66 Å². The number of nitrogens with zero attached hydrogens (tertiary/aromatic N) is 4. The minimum absolute atomic E-state index is 0.0272. The fourth-order valence-electron chi connectivity index (χ4n) is 4.27. The van der Waals surface area contributed by atoms with Crippen LogP contribution in [0, 0.1) is 10.1 Å². The lowest BCUT2D eigenvalue weighted by atomic mass is 10.1. The monoisotopic (exact) mass is 686 g/mol. The smallest absolute Gasteiger partial charge is 0.416 e. The summed E-state index contributed by atoms with van der Waals surface area (Å²) in [5.74, 6) is 0.216. The molecule has 5 rings (SSSR count). The van der Waals surface area contributed by atoms with Crippen LogP contribution in [0.15, 0.2) is 93.2 Å². The fourth-order valence-corrected chi connectivity index (χ4v) is 4.93. The predicted octanol–water partition coefficient (Wildman–Crippen LogP) is 7.88. The number of non-ortho nitro benzene ring substituents is 1. The summed E-state index contributed by atoms with van der Waals surface area (Å²) in [5.41, 5.74) is -0.445. The quantitative estimate of drug-likeness (QED) is 0.0933. The molecule has 0 bridgehead atoms. The average Bonchev–Trinajstić information content (AvgIpc) is 3.01. The van der Waals surface area contributed by atoms with E-state index in [1.807, 2.05) is 0 Å². The maximum atomic E-state index is 13.5. The summed E-state index contributed by atoms with van der Waals surface area (Å²) in [4.78, 5) is 28.5. The van der Waals surface area contributed by atoms with Crippen LogP contribution in [0.2, 0.25) is 5.02 Å². The van der Waals surface area contributed by atoms with Gasteiger partial charge in [-0.3, -0.25) is 14.9 Å². The van der Waals surface area contributed by atoms with Crippen molar-refractivity contribution in [2.75, 3.05) is 7.11 Å². The van der Waals surface area contributed by atoms with Crippen LogP contribution in [0.3, 0.4) is 0 Å². The molecule has 0 saturated heterocycles. The molecule has 1 aromatic heterocycles. The van der Waals surface area contributed by atoms with Crippen molar-refractivity contribution in [1.29, 1.82) is 0 Å². The van der Waals surface area contributed by atoms with Crippen molar-refractivity contribution in [3.05, 3.63) is 126 Å². The summed E-state index contributed by atoms with van der Waals surface area (Å²) in [7, 11) is 1.38. The number of nitro groups is 1. The van der Waals surface area contributed by atoms with Gasteiger partial charge in [-0.05, 0) is 51.8 Å². The van der Waals surface area contributed by atoms with E-state index in [2.05, 4.69) is 26.0 Å². The highest BCUT2D eigenvalue weighted by Gasteiger charge is 2.31. The van der Waals surface area contributed by atoms with Crippen molar-refractivity contribution in [3.8, 4) is 22.9 Å². The van der Waals surface area contributed by atoms with Crippen molar-refractivity contribution < 1.29 is 27.6 Å². The Morgan fingerprint density at radius 2 is 1.84 bits per heavy atom. The highest BCUT2D eigenvalue weighted by Crippen LogP contribution is 2.42. The first-order valence-electron chi connectivity index (χ1n) is 12.6. The van der Waals surface area contributed by atoms with Crippen LogP contribution in [-0.2, 0) is 12.8 Å². The molecular weight excluding hydrogens is 669 g/mol. The molecule has 1 heterocycles. The number of alkyl halides is 3. The third-order valence-corrected chi connectivity index (χ3v) is 7.84. The van der Waals surface area contributed by atoms with E-state index in [9.17, 15) is 28.1 Å². The molecule has 14 heteroatoms. The molecule has 44 heavy (non-hydrogen) atoms. The van der Waals surface area contributed by atoms with Crippen LogP contribution in [0.25, 0.3) is 22.3 Å². The molecule has 5 aromatic rings. The summed E-state index contributed by atoms with van der Waals surface area (Å²) in [6.45, 7) is -0.0594. The van der Waals surface area contributed by atoms with Crippen LogP contribution in [-0.4, -0.2) is 27.9 Å². The van der Waals surface area contributed by atoms with Gasteiger partial charge in [0.05, 0.1) is 34.7 Å². The predicted molar refractivity (Wildman–Crippen MR) is 163 cm³/mol. The normalized spacial score (nSPS) is 11.7. The minimum atomic E-state index is -4.61. The van der Waals surface area contributed by atoms with E-state index in [1.165, 1.54) is 55.8 Å². The molecular formula is C30H19BrClF3N4O5. The molecule has 0 aliphatic rings. The molecule has 0 aliphatic heterocycles. The fraction of sp³-hybridized carbons (Fsp3) is 0.100. The van der Waals surface area contributed by atoms with Gasteiger partial charge in [0, 0.05) is 27.7 Å². The van der Waals surface area contributed by atoms with Crippen LogP contribution in [0.5, 0.6) is 11.5 Å². The maximum Gasteiger partial charge on any atom is 0.416 e. The molecule has 0 saturated carbocycles. The highest BCUT2D eigenvalue weighted by atomic mass is 79.9. The van der Waals surface area contributed by atoms with Gasteiger partial charge in [0.15, 0.2) is 17.3 Å². The molecule has 0 spiro atoms. The van der Waals surface area contributed by atoms with E-state index < -0.39 is 22.2 Å². The van der Waals surface area contributed by atoms with E-state index >= 15 is 0 Å². The van der Waals surface area contributed by atoms with Crippen molar-refractivity contribution in [2.45, 2.75) is 12.8 Å². The molecule has 224 valence electrons. The Morgan fingerprint density at radius 3 is 2.57 bits per heavy atom. The Labute approximate surface area is 260 Å². The number of para-hydroxylation sites is 1. The third kappa shape index (κ3) is 6.29. The molecule has 4 aromatic carbocycles. The van der Waals surface area contributed by atoms with E-state index in [-0.39, 0.29) is 51.1 Å². The second-order valence-corrected chi connectivity index (χ2v) is 10.4. The molecule has 0 unspecified atom stereocenters. The van der Waals surface area contributed by atoms with Crippen LogP contribution in [0.4, 0.5) is 18.9 Å². The van der Waals surface area contributed by atoms with Crippen molar-refractivity contribution >= 4 is 50.3 Å². The topological polar surface area (TPSA) is 109 Å². The van der Waals surface area contributed by atoms with Crippen LogP contribution < -0.4 is 15.0 Å². The second kappa shape index (κ2) is 12.5.